The minimum atomic E-state index is -0.989. The van der Waals surface area contributed by atoms with E-state index in [1.165, 1.54) is 0 Å². The van der Waals surface area contributed by atoms with Crippen LogP contribution >= 0.6 is 0 Å². The zero-order valence-corrected chi connectivity index (χ0v) is 9.91. The summed E-state index contributed by atoms with van der Waals surface area (Å²) in [6.07, 6.45) is -0.160. The first-order valence-electron chi connectivity index (χ1n) is 5.13. The van der Waals surface area contributed by atoms with Crippen molar-refractivity contribution in [2.75, 3.05) is 13.2 Å². The number of carboxylic acid groups (broad SMARTS) is 1. The fourth-order valence-corrected chi connectivity index (χ4v) is 1.07. The molecule has 0 spiro atoms. The molecule has 6 nitrogen and oxygen atoms in total. The van der Waals surface area contributed by atoms with Gasteiger partial charge in [0.25, 0.3) is 0 Å². The summed E-state index contributed by atoms with van der Waals surface area (Å²) in [5, 5.41) is 22.6. The minimum Gasteiger partial charge on any atom is -0.481 e. The summed E-state index contributed by atoms with van der Waals surface area (Å²) in [6, 6.07) is -0.365. The van der Waals surface area contributed by atoms with Gasteiger partial charge in [0, 0.05) is 24.6 Å². The molecule has 4 N–H and O–H groups in total. The highest BCUT2D eigenvalue weighted by molar-refractivity contribution is 5.74. The van der Waals surface area contributed by atoms with Gasteiger partial charge in [-0.3, -0.25) is 4.79 Å². The Morgan fingerprint density at radius 3 is 2.25 bits per heavy atom. The number of aliphatic carboxylic acids is 1. The first-order valence-corrected chi connectivity index (χ1v) is 5.13. The minimum absolute atomic E-state index is 0.144. The van der Waals surface area contributed by atoms with Gasteiger partial charge in [-0.25, -0.2) is 4.79 Å². The maximum absolute atomic E-state index is 11.3. The number of carboxylic acids is 1. The Balaban J connectivity index is 3.93. The van der Waals surface area contributed by atoms with E-state index in [2.05, 4.69) is 10.6 Å². The molecule has 0 bridgehead atoms. The van der Waals surface area contributed by atoms with E-state index in [4.69, 9.17) is 10.2 Å². The first kappa shape index (κ1) is 14.7. The normalized spacial score (nSPS) is 13.0. The lowest BCUT2D eigenvalue weighted by atomic mass is 10.1. The molecule has 0 aliphatic rings. The smallest absolute Gasteiger partial charge is 0.315 e. The molecule has 0 fully saturated rings. The predicted octanol–water partition coefficient (Wildman–Crippen LogP) is 0.167. The van der Waals surface area contributed by atoms with Crippen LogP contribution in [0, 0.1) is 5.92 Å². The number of hydrogen-bond acceptors (Lipinski definition) is 3. The van der Waals surface area contributed by atoms with Crippen molar-refractivity contribution in [3.05, 3.63) is 0 Å². The molecular formula is C10H20N2O4. The van der Waals surface area contributed by atoms with Gasteiger partial charge in [-0.15, -0.1) is 0 Å². The highest BCUT2D eigenvalue weighted by Crippen LogP contribution is 2.01. The molecule has 0 heterocycles. The van der Waals surface area contributed by atoms with Crippen molar-refractivity contribution in [3.63, 3.8) is 0 Å². The van der Waals surface area contributed by atoms with Crippen LogP contribution in [-0.2, 0) is 4.79 Å². The second kappa shape index (κ2) is 6.32. The van der Waals surface area contributed by atoms with Gasteiger partial charge in [0.2, 0.25) is 0 Å². The monoisotopic (exact) mass is 232 g/mol. The van der Waals surface area contributed by atoms with Crippen LogP contribution < -0.4 is 10.6 Å². The van der Waals surface area contributed by atoms with Crippen LogP contribution in [0.15, 0.2) is 0 Å². The van der Waals surface area contributed by atoms with E-state index in [0.717, 1.165) is 0 Å². The molecule has 6 heteroatoms. The van der Waals surface area contributed by atoms with Gasteiger partial charge < -0.3 is 20.8 Å². The standard InChI is InChI=1S/C10H20N2O4/c1-10(2,3)12-9(16)11-5-7(6-13)4-8(14)15/h7,13H,4-6H2,1-3H3,(H,14,15)(H2,11,12,16). The Hall–Kier alpha value is -1.30. The Bertz CT molecular complexity index is 248. The number of amides is 2. The van der Waals surface area contributed by atoms with Crippen LogP contribution in [0.3, 0.4) is 0 Å². The van der Waals surface area contributed by atoms with Gasteiger partial charge in [-0.05, 0) is 20.8 Å². The molecule has 2 amide bonds. The van der Waals surface area contributed by atoms with E-state index in [1.54, 1.807) is 0 Å². The summed E-state index contributed by atoms with van der Waals surface area (Å²) < 4.78 is 0. The summed E-state index contributed by atoms with van der Waals surface area (Å²) in [4.78, 5) is 21.7. The van der Waals surface area contributed by atoms with Crippen LogP contribution in [-0.4, -0.2) is 40.9 Å². The third-order valence-electron chi connectivity index (χ3n) is 1.76. The molecule has 0 radical (unpaired) electrons. The van der Waals surface area contributed by atoms with Crippen molar-refractivity contribution < 1.29 is 19.8 Å². The second-order valence-electron chi connectivity index (χ2n) is 4.73. The number of rotatable bonds is 5. The largest absolute Gasteiger partial charge is 0.481 e. The number of hydrogen-bond donors (Lipinski definition) is 4. The number of aliphatic hydroxyl groups is 1. The van der Waals surface area contributed by atoms with Crippen LogP contribution in [0.1, 0.15) is 27.2 Å². The van der Waals surface area contributed by atoms with E-state index in [0.29, 0.717) is 0 Å². The van der Waals surface area contributed by atoms with Crippen molar-refractivity contribution in [2.24, 2.45) is 5.92 Å². The van der Waals surface area contributed by atoms with Gasteiger partial charge in [-0.2, -0.15) is 0 Å². The zero-order chi connectivity index (χ0) is 12.8. The molecule has 0 rings (SSSR count). The Morgan fingerprint density at radius 1 is 1.31 bits per heavy atom. The molecule has 0 saturated carbocycles. The quantitative estimate of drug-likeness (QED) is 0.543. The molecule has 0 aliphatic heterocycles. The maximum atomic E-state index is 11.3. The lowest BCUT2D eigenvalue weighted by Gasteiger charge is -2.21. The summed E-state index contributed by atoms with van der Waals surface area (Å²) in [5.41, 5.74) is -0.342. The van der Waals surface area contributed by atoms with Gasteiger partial charge in [0.15, 0.2) is 0 Å². The van der Waals surface area contributed by atoms with Gasteiger partial charge in [0.05, 0.1) is 6.42 Å². The fourth-order valence-electron chi connectivity index (χ4n) is 1.07. The third-order valence-corrected chi connectivity index (χ3v) is 1.76. The van der Waals surface area contributed by atoms with Crippen LogP contribution in [0.2, 0.25) is 0 Å². The molecule has 94 valence electrons. The average Bonchev–Trinajstić information content (AvgIpc) is 2.08. The van der Waals surface area contributed by atoms with E-state index in [1.807, 2.05) is 20.8 Å². The number of urea groups is 1. The highest BCUT2D eigenvalue weighted by atomic mass is 16.4. The van der Waals surface area contributed by atoms with Crippen LogP contribution in [0.5, 0.6) is 0 Å². The second-order valence-corrected chi connectivity index (χ2v) is 4.73. The van der Waals surface area contributed by atoms with E-state index in [-0.39, 0.29) is 31.1 Å². The molecule has 0 aromatic carbocycles. The van der Waals surface area contributed by atoms with Gasteiger partial charge in [0.1, 0.15) is 0 Å². The lowest BCUT2D eigenvalue weighted by Crippen LogP contribution is -2.47. The molecule has 0 aliphatic carbocycles. The average molecular weight is 232 g/mol. The molecular weight excluding hydrogens is 212 g/mol. The SMILES string of the molecule is CC(C)(C)NC(=O)NCC(CO)CC(=O)O. The predicted molar refractivity (Wildman–Crippen MR) is 59.1 cm³/mol. The van der Waals surface area contributed by atoms with Crippen LogP contribution in [0.4, 0.5) is 4.79 Å². The molecule has 0 aromatic heterocycles. The molecule has 0 saturated heterocycles. The number of aliphatic hydroxyl groups excluding tert-OH is 1. The van der Waals surface area contributed by atoms with E-state index < -0.39 is 11.9 Å². The van der Waals surface area contributed by atoms with E-state index in [9.17, 15) is 9.59 Å². The van der Waals surface area contributed by atoms with Gasteiger partial charge >= 0.3 is 12.0 Å². The number of carbonyl (C=O) groups is 2. The summed E-state index contributed by atoms with van der Waals surface area (Å²) >= 11 is 0. The molecule has 16 heavy (non-hydrogen) atoms. The first-order chi connectivity index (χ1) is 7.24. The summed E-state index contributed by atoms with van der Waals surface area (Å²) in [5.74, 6) is -1.44. The Kier molecular flexibility index (Phi) is 5.81. The molecule has 1 atom stereocenters. The zero-order valence-electron chi connectivity index (χ0n) is 9.91. The Morgan fingerprint density at radius 2 is 1.88 bits per heavy atom. The summed E-state index contributed by atoms with van der Waals surface area (Å²) in [6.45, 7) is 5.40. The summed E-state index contributed by atoms with van der Waals surface area (Å²) in [7, 11) is 0. The fraction of sp³-hybridized carbons (Fsp3) is 0.800. The number of carbonyl (C=O) groups excluding carboxylic acids is 1. The van der Waals surface area contributed by atoms with Crippen molar-refractivity contribution in [2.45, 2.75) is 32.7 Å². The van der Waals surface area contributed by atoms with Crippen molar-refractivity contribution in [1.29, 1.82) is 0 Å². The third kappa shape index (κ3) is 8.05. The van der Waals surface area contributed by atoms with Crippen molar-refractivity contribution in [1.82, 2.24) is 10.6 Å². The molecule has 0 aromatic rings. The lowest BCUT2D eigenvalue weighted by molar-refractivity contribution is -0.138. The topological polar surface area (TPSA) is 98.7 Å². The van der Waals surface area contributed by atoms with Crippen LogP contribution in [0.25, 0.3) is 0 Å². The molecule has 1 unspecified atom stereocenters. The van der Waals surface area contributed by atoms with E-state index >= 15 is 0 Å². The Labute approximate surface area is 95.0 Å². The highest BCUT2D eigenvalue weighted by Gasteiger charge is 2.16. The van der Waals surface area contributed by atoms with Crippen molar-refractivity contribution >= 4 is 12.0 Å². The van der Waals surface area contributed by atoms with Gasteiger partial charge in [-0.1, -0.05) is 0 Å². The maximum Gasteiger partial charge on any atom is 0.315 e. The number of nitrogens with one attached hydrogen (secondary N) is 2. The van der Waals surface area contributed by atoms with Crippen molar-refractivity contribution in [3.8, 4) is 0 Å².